The van der Waals surface area contributed by atoms with Crippen molar-refractivity contribution in [1.82, 2.24) is 10.6 Å². The lowest BCUT2D eigenvalue weighted by Gasteiger charge is -2.18. The van der Waals surface area contributed by atoms with Crippen molar-refractivity contribution < 1.29 is 9.18 Å². The van der Waals surface area contributed by atoms with E-state index in [0.29, 0.717) is 6.04 Å². The molecule has 0 radical (unpaired) electrons. The zero-order valence-electron chi connectivity index (χ0n) is 10.6. The summed E-state index contributed by atoms with van der Waals surface area (Å²) in [6.07, 6.45) is 3.08. The molecule has 1 amide bonds. The Morgan fingerprint density at radius 3 is 2.61 bits per heavy atom. The summed E-state index contributed by atoms with van der Waals surface area (Å²) in [5.74, 6) is -0.298. The van der Waals surface area contributed by atoms with Crippen LogP contribution >= 0.6 is 0 Å². The molecule has 2 rings (SSSR count). The van der Waals surface area contributed by atoms with Crippen molar-refractivity contribution in [2.75, 3.05) is 6.54 Å². The van der Waals surface area contributed by atoms with Gasteiger partial charge in [-0.25, -0.2) is 4.39 Å². The third-order valence-corrected chi connectivity index (χ3v) is 2.99. The second-order valence-corrected chi connectivity index (χ2v) is 4.72. The van der Waals surface area contributed by atoms with E-state index < -0.39 is 0 Å². The summed E-state index contributed by atoms with van der Waals surface area (Å²) in [4.78, 5) is 12.1. The van der Waals surface area contributed by atoms with Crippen LogP contribution in [0.1, 0.15) is 37.8 Å². The van der Waals surface area contributed by atoms with Crippen LogP contribution in [-0.4, -0.2) is 18.5 Å². The summed E-state index contributed by atoms with van der Waals surface area (Å²) in [7, 11) is 0. The van der Waals surface area contributed by atoms with Crippen LogP contribution in [0.15, 0.2) is 24.3 Å². The lowest BCUT2D eigenvalue weighted by molar-refractivity contribution is -0.123. The van der Waals surface area contributed by atoms with Crippen LogP contribution in [0.4, 0.5) is 4.39 Å². The third kappa shape index (κ3) is 3.53. The average molecular weight is 250 g/mol. The monoisotopic (exact) mass is 250 g/mol. The standard InChI is InChI=1S/C14H19FN2O/c1-2-9-16-13(14(18)17-12-7-8-12)10-3-5-11(15)6-4-10/h3-6,12-13,16H,2,7-9H2,1H3,(H,17,18). The summed E-state index contributed by atoms with van der Waals surface area (Å²) in [6, 6.07) is 6.06. The van der Waals surface area contributed by atoms with E-state index in [2.05, 4.69) is 10.6 Å². The summed E-state index contributed by atoms with van der Waals surface area (Å²) in [6.45, 7) is 2.81. The Kier molecular flexibility index (Phi) is 4.31. The highest BCUT2D eigenvalue weighted by Gasteiger charge is 2.27. The quantitative estimate of drug-likeness (QED) is 0.812. The minimum absolute atomic E-state index is 0.0161. The van der Waals surface area contributed by atoms with Gasteiger partial charge in [-0.05, 0) is 43.5 Å². The van der Waals surface area contributed by atoms with Gasteiger partial charge in [0.2, 0.25) is 5.91 Å². The van der Waals surface area contributed by atoms with Crippen molar-refractivity contribution in [2.45, 2.75) is 38.3 Å². The smallest absolute Gasteiger partial charge is 0.241 e. The maximum absolute atomic E-state index is 12.9. The Bertz CT molecular complexity index is 401. The number of hydrogen-bond acceptors (Lipinski definition) is 2. The van der Waals surface area contributed by atoms with Crippen LogP contribution < -0.4 is 10.6 Å². The van der Waals surface area contributed by atoms with Gasteiger partial charge in [0, 0.05) is 6.04 Å². The van der Waals surface area contributed by atoms with E-state index in [0.717, 1.165) is 31.4 Å². The Labute approximate surface area is 107 Å². The second kappa shape index (κ2) is 5.96. The Hall–Kier alpha value is -1.42. The van der Waals surface area contributed by atoms with Gasteiger partial charge in [-0.2, -0.15) is 0 Å². The molecule has 0 saturated heterocycles. The van der Waals surface area contributed by atoms with Crippen molar-refractivity contribution in [2.24, 2.45) is 0 Å². The maximum atomic E-state index is 12.9. The fraction of sp³-hybridized carbons (Fsp3) is 0.500. The van der Waals surface area contributed by atoms with Crippen LogP contribution in [0.2, 0.25) is 0 Å². The minimum Gasteiger partial charge on any atom is -0.352 e. The number of benzene rings is 1. The van der Waals surface area contributed by atoms with Gasteiger partial charge < -0.3 is 10.6 Å². The highest BCUT2D eigenvalue weighted by molar-refractivity contribution is 5.83. The maximum Gasteiger partial charge on any atom is 0.241 e. The summed E-state index contributed by atoms with van der Waals surface area (Å²) >= 11 is 0. The lowest BCUT2D eigenvalue weighted by Crippen LogP contribution is -2.38. The van der Waals surface area contributed by atoms with Crippen LogP contribution in [0.5, 0.6) is 0 Å². The predicted molar refractivity (Wildman–Crippen MR) is 68.6 cm³/mol. The predicted octanol–water partition coefficient (Wildman–Crippen LogP) is 2.14. The molecule has 1 atom stereocenters. The average Bonchev–Trinajstić information content (AvgIpc) is 3.16. The number of carbonyl (C=O) groups excluding carboxylic acids is 1. The molecule has 98 valence electrons. The molecular formula is C14H19FN2O. The number of amides is 1. The van der Waals surface area contributed by atoms with E-state index in [1.807, 2.05) is 6.92 Å². The van der Waals surface area contributed by atoms with Gasteiger partial charge in [-0.15, -0.1) is 0 Å². The topological polar surface area (TPSA) is 41.1 Å². The van der Waals surface area contributed by atoms with Crippen molar-refractivity contribution in [3.05, 3.63) is 35.6 Å². The van der Waals surface area contributed by atoms with Gasteiger partial charge in [-0.3, -0.25) is 4.79 Å². The highest BCUT2D eigenvalue weighted by Crippen LogP contribution is 2.21. The molecule has 1 aromatic carbocycles. The number of halogens is 1. The van der Waals surface area contributed by atoms with E-state index in [1.54, 1.807) is 12.1 Å². The molecular weight excluding hydrogens is 231 g/mol. The van der Waals surface area contributed by atoms with Gasteiger partial charge in [-0.1, -0.05) is 19.1 Å². The molecule has 1 aromatic rings. The van der Waals surface area contributed by atoms with Gasteiger partial charge in [0.05, 0.1) is 0 Å². The molecule has 2 N–H and O–H groups in total. The van der Waals surface area contributed by atoms with E-state index in [-0.39, 0.29) is 17.8 Å². The first-order valence-corrected chi connectivity index (χ1v) is 6.50. The van der Waals surface area contributed by atoms with Crippen LogP contribution in [0.3, 0.4) is 0 Å². The van der Waals surface area contributed by atoms with E-state index in [9.17, 15) is 9.18 Å². The van der Waals surface area contributed by atoms with Gasteiger partial charge in [0.25, 0.3) is 0 Å². The molecule has 0 heterocycles. The second-order valence-electron chi connectivity index (χ2n) is 4.72. The van der Waals surface area contributed by atoms with Crippen molar-refractivity contribution in [3.63, 3.8) is 0 Å². The molecule has 1 saturated carbocycles. The molecule has 18 heavy (non-hydrogen) atoms. The molecule has 1 unspecified atom stereocenters. The minimum atomic E-state index is -0.383. The first-order chi connectivity index (χ1) is 8.70. The SMILES string of the molecule is CCCNC(C(=O)NC1CC1)c1ccc(F)cc1. The van der Waals surface area contributed by atoms with Gasteiger partial charge in [0.15, 0.2) is 0 Å². The Balaban J connectivity index is 2.07. The first kappa shape index (κ1) is 13.0. The fourth-order valence-electron chi connectivity index (χ4n) is 1.82. The normalized spacial score (nSPS) is 16.3. The number of rotatable bonds is 6. The zero-order chi connectivity index (χ0) is 13.0. The molecule has 0 aliphatic heterocycles. The molecule has 4 heteroatoms. The Morgan fingerprint density at radius 1 is 1.39 bits per heavy atom. The van der Waals surface area contributed by atoms with E-state index in [1.165, 1.54) is 12.1 Å². The van der Waals surface area contributed by atoms with Crippen LogP contribution in [0.25, 0.3) is 0 Å². The lowest BCUT2D eigenvalue weighted by atomic mass is 10.1. The largest absolute Gasteiger partial charge is 0.352 e. The fourth-order valence-corrected chi connectivity index (χ4v) is 1.82. The number of nitrogens with one attached hydrogen (secondary N) is 2. The van der Waals surface area contributed by atoms with Gasteiger partial charge in [0.1, 0.15) is 11.9 Å². The highest BCUT2D eigenvalue weighted by atomic mass is 19.1. The molecule has 1 fully saturated rings. The molecule has 1 aliphatic carbocycles. The number of carbonyl (C=O) groups is 1. The summed E-state index contributed by atoms with van der Waals surface area (Å²) < 4.78 is 12.9. The molecule has 0 bridgehead atoms. The van der Waals surface area contributed by atoms with Crippen LogP contribution in [0, 0.1) is 5.82 Å². The van der Waals surface area contributed by atoms with E-state index >= 15 is 0 Å². The van der Waals surface area contributed by atoms with Crippen LogP contribution in [-0.2, 0) is 4.79 Å². The zero-order valence-corrected chi connectivity index (χ0v) is 10.6. The molecule has 0 aromatic heterocycles. The van der Waals surface area contributed by atoms with Crippen molar-refractivity contribution in [1.29, 1.82) is 0 Å². The molecule has 0 spiro atoms. The summed E-state index contributed by atoms with van der Waals surface area (Å²) in [5, 5.41) is 6.18. The van der Waals surface area contributed by atoms with Crippen molar-refractivity contribution in [3.8, 4) is 0 Å². The first-order valence-electron chi connectivity index (χ1n) is 6.50. The van der Waals surface area contributed by atoms with Crippen molar-refractivity contribution >= 4 is 5.91 Å². The Morgan fingerprint density at radius 2 is 2.06 bits per heavy atom. The number of hydrogen-bond donors (Lipinski definition) is 2. The van der Waals surface area contributed by atoms with E-state index in [4.69, 9.17) is 0 Å². The molecule has 3 nitrogen and oxygen atoms in total. The summed E-state index contributed by atoms with van der Waals surface area (Å²) in [5.41, 5.74) is 0.808. The van der Waals surface area contributed by atoms with Gasteiger partial charge >= 0.3 is 0 Å². The molecule has 1 aliphatic rings. The third-order valence-electron chi connectivity index (χ3n) is 2.99.